The van der Waals surface area contributed by atoms with Gasteiger partial charge in [0.2, 0.25) is 0 Å². The van der Waals surface area contributed by atoms with Crippen molar-refractivity contribution in [2.75, 3.05) is 7.05 Å². The average Bonchev–Trinajstić information content (AvgIpc) is 2.84. The van der Waals surface area contributed by atoms with Crippen LogP contribution < -0.4 is 5.32 Å². The third-order valence-corrected chi connectivity index (χ3v) is 2.95. The summed E-state index contributed by atoms with van der Waals surface area (Å²) in [5, 5.41) is 3.13. The van der Waals surface area contributed by atoms with Crippen LogP contribution in [0.5, 0.6) is 0 Å². The Morgan fingerprint density at radius 3 is 2.67 bits per heavy atom. The van der Waals surface area contributed by atoms with Crippen LogP contribution in [0, 0.1) is 11.6 Å². The summed E-state index contributed by atoms with van der Waals surface area (Å²) in [5.74, 6) is -1.05. The molecule has 2 rings (SSSR count). The van der Waals surface area contributed by atoms with Crippen LogP contribution in [-0.2, 0) is 12.8 Å². The van der Waals surface area contributed by atoms with Gasteiger partial charge in [-0.3, -0.25) is 0 Å². The smallest absolute Gasteiger partial charge is 0.129 e. The van der Waals surface area contributed by atoms with Gasteiger partial charge in [0.25, 0.3) is 0 Å². The van der Waals surface area contributed by atoms with Crippen molar-refractivity contribution in [1.29, 1.82) is 0 Å². The highest BCUT2D eigenvalue weighted by Gasteiger charge is 2.12. The van der Waals surface area contributed by atoms with Crippen molar-refractivity contribution >= 4 is 0 Å². The lowest BCUT2D eigenvalue weighted by Gasteiger charge is -2.15. The molecule has 18 heavy (non-hydrogen) atoms. The first kappa shape index (κ1) is 12.8. The lowest BCUT2D eigenvalue weighted by molar-refractivity contribution is 0.518. The molecule has 2 nitrogen and oxygen atoms in total. The van der Waals surface area contributed by atoms with Gasteiger partial charge in [0.15, 0.2) is 0 Å². The number of benzene rings is 1. The van der Waals surface area contributed by atoms with Crippen LogP contribution in [0.2, 0.25) is 0 Å². The van der Waals surface area contributed by atoms with E-state index in [1.54, 1.807) is 12.5 Å². The Balaban J connectivity index is 2.05. The Labute approximate surface area is 105 Å². The molecule has 0 aliphatic carbocycles. The predicted molar refractivity (Wildman–Crippen MR) is 65.3 cm³/mol. The molecule has 1 N–H and O–H groups in total. The third-order valence-electron chi connectivity index (χ3n) is 2.95. The first-order valence-electron chi connectivity index (χ1n) is 5.81. The molecule has 2 aromatic rings. The van der Waals surface area contributed by atoms with Gasteiger partial charge in [-0.05, 0) is 43.1 Å². The normalized spacial score (nSPS) is 12.6. The number of hydrogen-bond donors (Lipinski definition) is 1. The zero-order chi connectivity index (χ0) is 13.0. The van der Waals surface area contributed by atoms with Gasteiger partial charge in [-0.15, -0.1) is 0 Å². The molecule has 1 aromatic carbocycles. The molecule has 0 saturated carbocycles. The van der Waals surface area contributed by atoms with Gasteiger partial charge < -0.3 is 9.73 Å². The molecule has 0 spiro atoms. The van der Waals surface area contributed by atoms with Gasteiger partial charge in [-0.25, -0.2) is 8.78 Å². The Kier molecular flexibility index (Phi) is 4.10. The molecule has 1 aromatic heterocycles. The SMILES string of the molecule is CNC(Cc1ccoc1)Cc1ccc(F)cc1F. The van der Waals surface area contributed by atoms with E-state index >= 15 is 0 Å². The van der Waals surface area contributed by atoms with Crippen LogP contribution in [0.3, 0.4) is 0 Å². The summed E-state index contributed by atoms with van der Waals surface area (Å²) in [6.07, 6.45) is 4.53. The highest BCUT2D eigenvalue weighted by molar-refractivity contribution is 5.20. The monoisotopic (exact) mass is 251 g/mol. The van der Waals surface area contributed by atoms with E-state index in [-0.39, 0.29) is 6.04 Å². The van der Waals surface area contributed by atoms with E-state index in [2.05, 4.69) is 5.32 Å². The molecule has 1 heterocycles. The zero-order valence-electron chi connectivity index (χ0n) is 10.1. The summed E-state index contributed by atoms with van der Waals surface area (Å²) >= 11 is 0. The van der Waals surface area contributed by atoms with Gasteiger partial charge in [-0.1, -0.05) is 6.07 Å². The van der Waals surface area contributed by atoms with Crippen molar-refractivity contribution in [2.24, 2.45) is 0 Å². The summed E-state index contributed by atoms with van der Waals surface area (Å²) < 4.78 is 31.3. The maximum absolute atomic E-state index is 13.5. The molecule has 1 unspecified atom stereocenters. The molecule has 0 aliphatic heterocycles. The molecule has 1 atom stereocenters. The molecule has 0 radical (unpaired) electrons. The summed E-state index contributed by atoms with van der Waals surface area (Å²) in [5.41, 5.74) is 1.57. The number of furan rings is 1. The summed E-state index contributed by atoms with van der Waals surface area (Å²) in [6, 6.07) is 5.65. The predicted octanol–water partition coefficient (Wildman–Crippen LogP) is 2.93. The minimum atomic E-state index is -0.549. The molecule has 0 aliphatic rings. The second-order valence-electron chi connectivity index (χ2n) is 4.26. The van der Waals surface area contributed by atoms with Crippen LogP contribution in [0.15, 0.2) is 41.2 Å². The zero-order valence-corrected chi connectivity index (χ0v) is 10.1. The molecule has 0 amide bonds. The van der Waals surface area contributed by atoms with Crippen molar-refractivity contribution in [3.8, 4) is 0 Å². The first-order valence-corrected chi connectivity index (χ1v) is 5.81. The lowest BCUT2D eigenvalue weighted by Crippen LogP contribution is -2.30. The highest BCUT2D eigenvalue weighted by Crippen LogP contribution is 2.14. The fraction of sp³-hybridized carbons (Fsp3) is 0.286. The van der Waals surface area contributed by atoms with Gasteiger partial charge >= 0.3 is 0 Å². The summed E-state index contributed by atoms with van der Waals surface area (Å²) in [7, 11) is 1.83. The number of halogens is 2. The molecular formula is C14H15F2NO. The molecule has 0 bridgehead atoms. The van der Waals surface area contributed by atoms with Crippen LogP contribution in [0.1, 0.15) is 11.1 Å². The Bertz CT molecular complexity index is 497. The van der Waals surface area contributed by atoms with E-state index in [0.717, 1.165) is 18.1 Å². The topological polar surface area (TPSA) is 25.2 Å². The second kappa shape index (κ2) is 5.78. The van der Waals surface area contributed by atoms with Crippen molar-refractivity contribution in [3.05, 3.63) is 59.6 Å². The van der Waals surface area contributed by atoms with Crippen LogP contribution >= 0.6 is 0 Å². The Morgan fingerprint density at radius 1 is 1.22 bits per heavy atom. The average molecular weight is 251 g/mol. The molecule has 0 saturated heterocycles. The standard InChI is InChI=1S/C14H15F2NO/c1-17-13(6-10-4-5-18-9-10)7-11-2-3-12(15)8-14(11)16/h2-5,8-9,13,17H,6-7H2,1H3. The fourth-order valence-electron chi connectivity index (χ4n) is 1.92. The van der Waals surface area contributed by atoms with E-state index in [9.17, 15) is 8.78 Å². The number of rotatable bonds is 5. The van der Waals surface area contributed by atoms with Crippen LogP contribution in [0.25, 0.3) is 0 Å². The summed E-state index contributed by atoms with van der Waals surface area (Å²) in [4.78, 5) is 0. The number of nitrogens with one attached hydrogen (secondary N) is 1. The number of likely N-dealkylation sites (N-methyl/N-ethyl adjacent to an activating group) is 1. The molecular weight excluding hydrogens is 236 g/mol. The fourth-order valence-corrected chi connectivity index (χ4v) is 1.92. The minimum absolute atomic E-state index is 0.0857. The van der Waals surface area contributed by atoms with Crippen molar-refractivity contribution in [1.82, 2.24) is 5.32 Å². The lowest BCUT2D eigenvalue weighted by atomic mass is 10.0. The Morgan fingerprint density at radius 2 is 2.06 bits per heavy atom. The van der Waals surface area contributed by atoms with Gasteiger partial charge in [0.1, 0.15) is 11.6 Å². The van der Waals surface area contributed by atoms with E-state index in [4.69, 9.17) is 4.42 Å². The van der Waals surface area contributed by atoms with E-state index in [0.29, 0.717) is 12.0 Å². The van der Waals surface area contributed by atoms with Gasteiger partial charge in [0, 0.05) is 12.1 Å². The quantitative estimate of drug-likeness (QED) is 0.883. The minimum Gasteiger partial charge on any atom is -0.472 e. The molecule has 4 heteroatoms. The van der Waals surface area contributed by atoms with Crippen LogP contribution in [-0.4, -0.2) is 13.1 Å². The maximum Gasteiger partial charge on any atom is 0.129 e. The van der Waals surface area contributed by atoms with Crippen molar-refractivity contribution < 1.29 is 13.2 Å². The number of hydrogen-bond acceptors (Lipinski definition) is 2. The van der Waals surface area contributed by atoms with Crippen molar-refractivity contribution in [3.63, 3.8) is 0 Å². The largest absolute Gasteiger partial charge is 0.472 e. The van der Waals surface area contributed by atoms with Gasteiger partial charge in [-0.2, -0.15) is 0 Å². The third kappa shape index (κ3) is 3.17. The van der Waals surface area contributed by atoms with E-state index in [1.165, 1.54) is 12.1 Å². The van der Waals surface area contributed by atoms with E-state index in [1.807, 2.05) is 13.1 Å². The van der Waals surface area contributed by atoms with Crippen LogP contribution in [0.4, 0.5) is 8.78 Å². The Hall–Kier alpha value is -1.68. The molecule has 96 valence electrons. The second-order valence-corrected chi connectivity index (χ2v) is 4.26. The van der Waals surface area contributed by atoms with Crippen molar-refractivity contribution in [2.45, 2.75) is 18.9 Å². The van der Waals surface area contributed by atoms with Gasteiger partial charge in [0.05, 0.1) is 12.5 Å². The molecule has 0 fully saturated rings. The first-order chi connectivity index (χ1) is 8.69. The maximum atomic E-state index is 13.5. The highest BCUT2D eigenvalue weighted by atomic mass is 19.1. The van der Waals surface area contributed by atoms with E-state index < -0.39 is 11.6 Å². The summed E-state index contributed by atoms with van der Waals surface area (Å²) in [6.45, 7) is 0.